The van der Waals surface area contributed by atoms with Gasteiger partial charge in [-0.05, 0) is 12.2 Å². The number of thiol groups is 1. The van der Waals surface area contributed by atoms with Crippen LogP contribution in [-0.2, 0) is 0 Å². The minimum Gasteiger partial charge on any atom is -0.267 e. The maximum Gasteiger partial charge on any atom is 0.142 e. The zero-order valence-electron chi connectivity index (χ0n) is 6.49. The summed E-state index contributed by atoms with van der Waals surface area (Å²) in [5, 5.41) is 14.9. The molecule has 0 bridgehead atoms. The van der Waals surface area contributed by atoms with Gasteiger partial charge in [0.25, 0.3) is 0 Å². The predicted molar refractivity (Wildman–Crippen MR) is 50.8 cm³/mol. The van der Waals surface area contributed by atoms with Crippen molar-refractivity contribution in [2.24, 2.45) is 0 Å². The molecule has 0 fully saturated rings. The van der Waals surface area contributed by atoms with E-state index in [0.29, 0.717) is 5.69 Å². The Balaban J connectivity index is 2.69. The van der Waals surface area contributed by atoms with Crippen molar-refractivity contribution in [2.75, 3.05) is 5.75 Å². The van der Waals surface area contributed by atoms with E-state index in [9.17, 15) is 0 Å². The van der Waals surface area contributed by atoms with Gasteiger partial charge in [-0.15, -0.1) is 0 Å². The van der Waals surface area contributed by atoms with Gasteiger partial charge in [0.2, 0.25) is 0 Å². The quantitative estimate of drug-likeness (QED) is 0.693. The Labute approximate surface area is 76.5 Å². The molecule has 0 saturated carbocycles. The summed E-state index contributed by atoms with van der Waals surface area (Å²) >= 11 is 4.06. The Bertz CT molecular complexity index is 308. The van der Waals surface area contributed by atoms with Crippen LogP contribution in [0.25, 0.3) is 6.08 Å². The predicted octanol–water partition coefficient (Wildman–Crippen LogP) is 1.61. The molecule has 0 aliphatic carbocycles. The SMILES string of the molecule is N#Cc1[nH]ncc1C=CCCS. The molecule has 1 heterocycles. The van der Waals surface area contributed by atoms with Crippen LogP contribution < -0.4 is 0 Å². The summed E-state index contributed by atoms with van der Waals surface area (Å²) in [5.74, 6) is 0.816. The minimum absolute atomic E-state index is 0.505. The average Bonchev–Trinajstić information content (AvgIpc) is 2.52. The maximum atomic E-state index is 8.59. The second-order valence-electron chi connectivity index (χ2n) is 2.23. The first-order valence-electron chi connectivity index (χ1n) is 3.59. The van der Waals surface area contributed by atoms with Crippen LogP contribution in [0.3, 0.4) is 0 Å². The fraction of sp³-hybridized carbons (Fsp3) is 0.250. The molecule has 0 saturated heterocycles. The van der Waals surface area contributed by atoms with Crippen molar-refractivity contribution in [2.45, 2.75) is 6.42 Å². The first kappa shape index (κ1) is 8.88. The summed E-state index contributed by atoms with van der Waals surface area (Å²) in [4.78, 5) is 0. The molecule has 0 radical (unpaired) electrons. The number of nitriles is 1. The van der Waals surface area contributed by atoms with Gasteiger partial charge < -0.3 is 0 Å². The van der Waals surface area contributed by atoms with Crippen molar-refractivity contribution < 1.29 is 0 Å². The van der Waals surface area contributed by atoms with Gasteiger partial charge in [0.1, 0.15) is 11.8 Å². The van der Waals surface area contributed by atoms with E-state index < -0.39 is 0 Å². The molecule has 1 aromatic heterocycles. The first-order chi connectivity index (χ1) is 5.88. The standard InChI is InChI=1S/C8H9N3S/c9-5-8-7(6-10-11-8)3-1-2-4-12/h1,3,6,12H,2,4H2,(H,10,11). The normalized spacial score (nSPS) is 10.3. The zero-order chi connectivity index (χ0) is 8.81. The topological polar surface area (TPSA) is 52.5 Å². The molecule has 3 nitrogen and oxygen atoms in total. The number of hydrogen-bond donors (Lipinski definition) is 2. The lowest BCUT2D eigenvalue weighted by molar-refractivity contribution is 1.07. The maximum absolute atomic E-state index is 8.59. The Morgan fingerprint density at radius 2 is 2.58 bits per heavy atom. The molecule has 0 aliphatic heterocycles. The van der Waals surface area contributed by atoms with Crippen LogP contribution in [0.1, 0.15) is 17.7 Å². The number of hydrogen-bond acceptors (Lipinski definition) is 3. The molecule has 0 unspecified atom stereocenters. The minimum atomic E-state index is 0.505. The smallest absolute Gasteiger partial charge is 0.142 e. The number of H-pyrrole nitrogens is 1. The van der Waals surface area contributed by atoms with Crippen molar-refractivity contribution in [3.63, 3.8) is 0 Å². The van der Waals surface area contributed by atoms with Crippen LogP contribution in [0.15, 0.2) is 12.3 Å². The third kappa shape index (κ3) is 2.14. The lowest BCUT2D eigenvalue weighted by Gasteiger charge is -1.85. The summed E-state index contributed by atoms with van der Waals surface area (Å²) in [6.07, 6.45) is 6.38. The first-order valence-corrected chi connectivity index (χ1v) is 4.22. The van der Waals surface area contributed by atoms with Crippen LogP contribution in [-0.4, -0.2) is 16.0 Å². The van der Waals surface area contributed by atoms with Gasteiger partial charge in [0.15, 0.2) is 0 Å². The molecule has 1 rings (SSSR count). The molecule has 62 valence electrons. The van der Waals surface area contributed by atoms with Crippen LogP contribution in [0.4, 0.5) is 0 Å². The Kier molecular flexibility index (Phi) is 3.42. The molecule has 12 heavy (non-hydrogen) atoms. The van der Waals surface area contributed by atoms with Crippen LogP contribution >= 0.6 is 12.6 Å². The summed E-state index contributed by atoms with van der Waals surface area (Å²) in [5.41, 5.74) is 1.34. The number of rotatable bonds is 3. The van der Waals surface area contributed by atoms with E-state index in [1.165, 1.54) is 0 Å². The number of nitrogens with zero attached hydrogens (tertiary/aromatic N) is 2. The summed E-state index contributed by atoms with van der Waals surface area (Å²) in [7, 11) is 0. The highest BCUT2D eigenvalue weighted by Crippen LogP contribution is 2.05. The van der Waals surface area contributed by atoms with Crippen LogP contribution in [0.5, 0.6) is 0 Å². The van der Waals surface area contributed by atoms with Crippen molar-refractivity contribution in [1.82, 2.24) is 10.2 Å². The summed E-state index contributed by atoms with van der Waals surface area (Å²) in [6, 6.07) is 2.01. The van der Waals surface area contributed by atoms with Crippen molar-refractivity contribution in [1.29, 1.82) is 5.26 Å². The van der Waals surface area contributed by atoms with Gasteiger partial charge in [-0.1, -0.05) is 12.2 Å². The van der Waals surface area contributed by atoms with E-state index in [1.54, 1.807) is 6.20 Å². The second-order valence-corrected chi connectivity index (χ2v) is 2.67. The third-order valence-corrected chi connectivity index (χ3v) is 1.63. The number of aromatic nitrogens is 2. The van der Waals surface area contributed by atoms with E-state index >= 15 is 0 Å². The van der Waals surface area contributed by atoms with E-state index in [2.05, 4.69) is 22.8 Å². The molecule has 4 heteroatoms. The van der Waals surface area contributed by atoms with Crippen molar-refractivity contribution in [3.8, 4) is 6.07 Å². The van der Waals surface area contributed by atoms with Gasteiger partial charge in [-0.3, -0.25) is 5.10 Å². The van der Waals surface area contributed by atoms with E-state index in [1.807, 2.05) is 18.2 Å². The van der Waals surface area contributed by atoms with E-state index in [4.69, 9.17) is 5.26 Å². The molecule has 0 aromatic carbocycles. The lowest BCUT2D eigenvalue weighted by atomic mass is 10.2. The van der Waals surface area contributed by atoms with Crippen LogP contribution in [0.2, 0.25) is 0 Å². The third-order valence-electron chi connectivity index (χ3n) is 1.37. The molecular weight excluding hydrogens is 170 g/mol. The van der Waals surface area contributed by atoms with Gasteiger partial charge >= 0.3 is 0 Å². The van der Waals surface area contributed by atoms with Gasteiger partial charge in [0.05, 0.1) is 6.20 Å². The van der Waals surface area contributed by atoms with E-state index in [-0.39, 0.29) is 0 Å². The molecule has 0 aliphatic rings. The lowest BCUT2D eigenvalue weighted by Crippen LogP contribution is -1.76. The van der Waals surface area contributed by atoms with Gasteiger partial charge in [-0.25, -0.2) is 0 Å². The average molecular weight is 179 g/mol. The molecule has 0 spiro atoms. The van der Waals surface area contributed by atoms with Crippen LogP contribution in [0, 0.1) is 11.3 Å². The van der Waals surface area contributed by atoms with Crippen molar-refractivity contribution in [3.05, 3.63) is 23.5 Å². The second kappa shape index (κ2) is 4.62. The van der Waals surface area contributed by atoms with E-state index in [0.717, 1.165) is 17.7 Å². The fourth-order valence-electron chi connectivity index (χ4n) is 0.796. The molecule has 1 aromatic rings. The monoisotopic (exact) mass is 179 g/mol. The Morgan fingerprint density at radius 3 is 3.25 bits per heavy atom. The molecule has 1 N–H and O–H groups in total. The van der Waals surface area contributed by atoms with Crippen molar-refractivity contribution >= 4 is 18.7 Å². The largest absolute Gasteiger partial charge is 0.267 e. The fourth-order valence-corrected chi connectivity index (χ4v) is 0.945. The van der Waals surface area contributed by atoms with Gasteiger partial charge in [-0.2, -0.15) is 23.0 Å². The summed E-state index contributed by atoms with van der Waals surface area (Å²) < 4.78 is 0. The highest BCUT2D eigenvalue weighted by Gasteiger charge is 1.97. The summed E-state index contributed by atoms with van der Waals surface area (Å²) in [6.45, 7) is 0. The molecule has 0 amide bonds. The zero-order valence-corrected chi connectivity index (χ0v) is 7.38. The van der Waals surface area contributed by atoms with Gasteiger partial charge in [0, 0.05) is 5.56 Å². The number of nitrogens with one attached hydrogen (secondary N) is 1. The molecular formula is C8H9N3S. The number of aromatic amines is 1. The molecule has 0 atom stereocenters. The highest BCUT2D eigenvalue weighted by atomic mass is 32.1. The Morgan fingerprint density at radius 1 is 1.75 bits per heavy atom. The Hall–Kier alpha value is -1.21. The number of allylic oxidation sites excluding steroid dienone is 1. The highest BCUT2D eigenvalue weighted by molar-refractivity contribution is 7.80.